The van der Waals surface area contributed by atoms with E-state index in [0.29, 0.717) is 5.92 Å². The Hall–Kier alpha value is -3.17. The van der Waals surface area contributed by atoms with Crippen LogP contribution in [0.5, 0.6) is 0 Å². The standard InChI is InChI=1S/C31H29NOS/c1-18(2)14-21-17-33-25-10-11-26-28(27(21)25)23-12-13-32-29(30(23)34-26)20-15-19-8-6-7-9-22(19)24(16-20)31(3,4)5/h6-13,15-18H,14H2,1-5H3. The number of thiophene rings is 1. The molecule has 0 N–H and O–H groups in total. The molecule has 170 valence electrons. The van der Waals surface area contributed by atoms with Gasteiger partial charge in [-0.3, -0.25) is 4.98 Å². The Balaban J connectivity index is 1.67. The van der Waals surface area contributed by atoms with Crippen molar-refractivity contribution in [2.24, 2.45) is 5.92 Å². The maximum Gasteiger partial charge on any atom is 0.134 e. The number of nitrogens with zero attached hydrogens (tertiary/aromatic N) is 1. The van der Waals surface area contributed by atoms with Crippen LogP contribution in [-0.4, -0.2) is 4.98 Å². The third-order valence-corrected chi connectivity index (χ3v) is 7.91. The van der Waals surface area contributed by atoms with E-state index in [4.69, 9.17) is 9.40 Å². The molecule has 6 aromatic rings. The Morgan fingerprint density at radius 1 is 0.941 bits per heavy atom. The largest absolute Gasteiger partial charge is 0.464 e. The quantitative estimate of drug-likeness (QED) is 0.261. The summed E-state index contributed by atoms with van der Waals surface area (Å²) in [6.07, 6.45) is 4.94. The monoisotopic (exact) mass is 463 g/mol. The van der Waals surface area contributed by atoms with Crippen molar-refractivity contribution >= 4 is 53.3 Å². The van der Waals surface area contributed by atoms with Gasteiger partial charge < -0.3 is 4.42 Å². The Bertz CT molecular complexity index is 1690. The molecule has 0 bridgehead atoms. The SMILES string of the molecule is CC(C)Cc1coc2ccc3sc4c(-c5cc(C(C)(C)C)c6ccccc6c5)nccc4c3c12. The highest BCUT2D eigenvalue weighted by Crippen LogP contribution is 2.44. The summed E-state index contributed by atoms with van der Waals surface area (Å²) >= 11 is 1.84. The Labute approximate surface area is 204 Å². The van der Waals surface area contributed by atoms with Gasteiger partial charge in [0.1, 0.15) is 5.58 Å². The average Bonchev–Trinajstić information content (AvgIpc) is 3.38. The van der Waals surface area contributed by atoms with Gasteiger partial charge in [0.25, 0.3) is 0 Å². The van der Waals surface area contributed by atoms with E-state index in [0.717, 1.165) is 17.7 Å². The molecule has 0 radical (unpaired) electrons. The number of hydrogen-bond donors (Lipinski definition) is 0. The summed E-state index contributed by atoms with van der Waals surface area (Å²) in [4.78, 5) is 4.93. The van der Waals surface area contributed by atoms with Gasteiger partial charge in [0.15, 0.2) is 0 Å². The second-order valence-electron chi connectivity index (χ2n) is 10.8. The summed E-state index contributed by atoms with van der Waals surface area (Å²) < 4.78 is 8.52. The maximum atomic E-state index is 5.98. The van der Waals surface area contributed by atoms with Gasteiger partial charge >= 0.3 is 0 Å². The molecule has 3 heteroatoms. The van der Waals surface area contributed by atoms with Crippen molar-refractivity contribution in [1.29, 1.82) is 0 Å². The summed E-state index contributed by atoms with van der Waals surface area (Å²) in [5, 5.41) is 6.43. The molecule has 0 aliphatic carbocycles. The lowest BCUT2D eigenvalue weighted by Crippen LogP contribution is -2.12. The lowest BCUT2D eigenvalue weighted by atomic mass is 9.82. The first-order valence-corrected chi connectivity index (χ1v) is 12.9. The van der Waals surface area contributed by atoms with Crippen molar-refractivity contribution in [3.8, 4) is 11.3 Å². The molecule has 0 saturated carbocycles. The first kappa shape index (κ1) is 21.4. The molecule has 3 aromatic heterocycles. The average molecular weight is 464 g/mol. The van der Waals surface area contributed by atoms with Crippen LogP contribution in [0.3, 0.4) is 0 Å². The number of furan rings is 1. The number of hydrogen-bond acceptors (Lipinski definition) is 3. The Morgan fingerprint density at radius 3 is 2.56 bits per heavy atom. The lowest BCUT2D eigenvalue weighted by molar-refractivity contribution is 0.594. The van der Waals surface area contributed by atoms with Gasteiger partial charge in [-0.15, -0.1) is 11.3 Å². The molecule has 0 amide bonds. The predicted octanol–water partition coefficient (Wildman–Crippen LogP) is 9.51. The summed E-state index contributed by atoms with van der Waals surface area (Å²) in [6.45, 7) is 11.4. The zero-order chi connectivity index (χ0) is 23.6. The molecule has 0 atom stereocenters. The highest BCUT2D eigenvalue weighted by Gasteiger charge is 2.21. The van der Waals surface area contributed by atoms with Crippen molar-refractivity contribution in [3.05, 3.63) is 78.2 Å². The molecule has 2 nitrogen and oxygen atoms in total. The van der Waals surface area contributed by atoms with E-state index >= 15 is 0 Å². The van der Waals surface area contributed by atoms with Crippen molar-refractivity contribution in [1.82, 2.24) is 4.98 Å². The smallest absolute Gasteiger partial charge is 0.134 e. The number of aromatic nitrogens is 1. The number of pyridine rings is 1. The van der Waals surface area contributed by atoms with E-state index in [2.05, 4.69) is 89.2 Å². The van der Waals surface area contributed by atoms with Gasteiger partial charge in [-0.1, -0.05) is 58.9 Å². The molecule has 3 aromatic carbocycles. The second kappa shape index (κ2) is 7.68. The summed E-state index contributed by atoms with van der Waals surface area (Å²) in [5.41, 5.74) is 5.93. The molecule has 0 aliphatic rings. The van der Waals surface area contributed by atoms with Crippen LogP contribution in [0.4, 0.5) is 0 Å². The van der Waals surface area contributed by atoms with Crippen LogP contribution in [0.15, 0.2) is 71.5 Å². The van der Waals surface area contributed by atoms with Crippen molar-refractivity contribution < 1.29 is 4.42 Å². The zero-order valence-corrected chi connectivity index (χ0v) is 21.2. The van der Waals surface area contributed by atoms with Crippen LogP contribution in [-0.2, 0) is 11.8 Å². The molecule has 0 spiro atoms. The lowest BCUT2D eigenvalue weighted by Gasteiger charge is -2.22. The normalized spacial score (nSPS) is 12.6. The van der Waals surface area contributed by atoms with E-state index in [9.17, 15) is 0 Å². The molecule has 6 rings (SSSR count). The Morgan fingerprint density at radius 2 is 1.76 bits per heavy atom. The van der Waals surface area contributed by atoms with Crippen molar-refractivity contribution in [3.63, 3.8) is 0 Å². The van der Waals surface area contributed by atoms with Gasteiger partial charge in [-0.05, 0) is 70.0 Å². The van der Waals surface area contributed by atoms with Crippen LogP contribution < -0.4 is 0 Å². The minimum absolute atomic E-state index is 0.0401. The third kappa shape index (κ3) is 3.33. The van der Waals surface area contributed by atoms with E-state index in [1.165, 1.54) is 53.0 Å². The van der Waals surface area contributed by atoms with Gasteiger partial charge in [-0.25, -0.2) is 0 Å². The van der Waals surface area contributed by atoms with Gasteiger partial charge in [-0.2, -0.15) is 0 Å². The third-order valence-electron chi connectivity index (χ3n) is 6.74. The second-order valence-corrected chi connectivity index (χ2v) is 11.9. The summed E-state index contributed by atoms with van der Waals surface area (Å²) in [6, 6.07) is 19.9. The molecule has 34 heavy (non-hydrogen) atoms. The number of benzene rings is 3. The summed E-state index contributed by atoms with van der Waals surface area (Å²) in [5.74, 6) is 0.576. The fraction of sp³-hybridized carbons (Fsp3) is 0.258. The van der Waals surface area contributed by atoms with E-state index in [-0.39, 0.29) is 5.41 Å². The highest BCUT2D eigenvalue weighted by atomic mass is 32.1. The Kier molecular flexibility index (Phi) is 4.82. The van der Waals surface area contributed by atoms with E-state index in [1.807, 2.05) is 23.8 Å². The maximum absolute atomic E-state index is 5.98. The highest BCUT2D eigenvalue weighted by molar-refractivity contribution is 7.26. The molecular formula is C31H29NOS. The van der Waals surface area contributed by atoms with Gasteiger partial charge in [0.2, 0.25) is 0 Å². The fourth-order valence-electron chi connectivity index (χ4n) is 5.25. The van der Waals surface area contributed by atoms with Crippen LogP contribution in [0.2, 0.25) is 0 Å². The zero-order valence-electron chi connectivity index (χ0n) is 20.4. The fourth-order valence-corrected chi connectivity index (χ4v) is 6.47. The minimum Gasteiger partial charge on any atom is -0.464 e. The molecule has 0 saturated heterocycles. The van der Waals surface area contributed by atoms with Crippen LogP contribution >= 0.6 is 11.3 Å². The number of rotatable bonds is 3. The van der Waals surface area contributed by atoms with E-state index < -0.39 is 0 Å². The molecule has 0 aliphatic heterocycles. The first-order valence-electron chi connectivity index (χ1n) is 12.0. The molecule has 3 heterocycles. The molecule has 0 fully saturated rings. The predicted molar refractivity (Wildman–Crippen MR) is 147 cm³/mol. The molecule has 0 unspecified atom stereocenters. The molecular weight excluding hydrogens is 434 g/mol. The van der Waals surface area contributed by atoms with Crippen LogP contribution in [0, 0.1) is 5.92 Å². The topological polar surface area (TPSA) is 26.0 Å². The minimum atomic E-state index is 0.0401. The first-order chi connectivity index (χ1) is 16.3. The summed E-state index contributed by atoms with van der Waals surface area (Å²) in [7, 11) is 0. The van der Waals surface area contributed by atoms with Crippen molar-refractivity contribution in [2.75, 3.05) is 0 Å². The van der Waals surface area contributed by atoms with E-state index in [1.54, 1.807) is 0 Å². The number of fused-ring (bicyclic) bond motifs is 6. The van der Waals surface area contributed by atoms with Crippen LogP contribution in [0.25, 0.3) is 53.2 Å². The van der Waals surface area contributed by atoms with Crippen molar-refractivity contribution in [2.45, 2.75) is 46.5 Å². The van der Waals surface area contributed by atoms with Crippen LogP contribution in [0.1, 0.15) is 45.7 Å². The van der Waals surface area contributed by atoms with Gasteiger partial charge in [0.05, 0.1) is 16.7 Å². The van der Waals surface area contributed by atoms with Gasteiger partial charge in [0, 0.05) is 32.6 Å².